The first-order valence-electron chi connectivity index (χ1n) is 14.3. The van der Waals surface area contributed by atoms with Crippen LogP contribution in [0.2, 0.25) is 0 Å². The molecule has 7 aromatic rings. The molecule has 0 amide bonds. The molecule has 6 aromatic carbocycles. The van der Waals surface area contributed by atoms with Crippen LogP contribution in [0.4, 0.5) is 28.4 Å². The summed E-state index contributed by atoms with van der Waals surface area (Å²) < 4.78 is 5.91. The van der Waals surface area contributed by atoms with E-state index in [0.29, 0.717) is 5.89 Å². The number of aromatic nitrogens is 1. The molecule has 212 valence electrons. The summed E-state index contributed by atoms with van der Waals surface area (Å²) in [5.74, 6) is 0.618. The molecule has 0 spiro atoms. The lowest BCUT2D eigenvalue weighted by atomic mass is 10.0. The first-order chi connectivity index (χ1) is 21.6. The summed E-state index contributed by atoms with van der Waals surface area (Å²) in [6.45, 7) is 0. The number of azo groups is 2. The molecule has 44 heavy (non-hydrogen) atoms. The van der Waals surface area contributed by atoms with Crippen molar-refractivity contribution < 1.29 is 4.42 Å². The van der Waals surface area contributed by atoms with Gasteiger partial charge in [0.15, 0.2) is 5.58 Å². The Morgan fingerprint density at radius 1 is 0.500 bits per heavy atom. The molecule has 1 aromatic heterocycles. The molecule has 0 saturated carbocycles. The Morgan fingerprint density at radius 2 is 1.00 bits per heavy atom. The minimum Gasteiger partial charge on any atom is -0.436 e. The van der Waals surface area contributed by atoms with E-state index in [9.17, 15) is 0 Å². The molecule has 0 aliphatic carbocycles. The molecule has 0 fully saturated rings. The van der Waals surface area contributed by atoms with Crippen molar-refractivity contribution in [3.05, 3.63) is 133 Å². The van der Waals surface area contributed by atoms with Gasteiger partial charge in [0.1, 0.15) is 5.52 Å². The van der Waals surface area contributed by atoms with Gasteiger partial charge in [-0.2, -0.15) is 10.2 Å². The average molecular weight is 573 g/mol. The van der Waals surface area contributed by atoms with Crippen LogP contribution in [-0.4, -0.2) is 19.1 Å². The summed E-state index contributed by atoms with van der Waals surface area (Å²) in [5.41, 5.74) is 9.00. The fourth-order valence-corrected chi connectivity index (χ4v) is 5.00. The second-order valence-electron chi connectivity index (χ2n) is 10.6. The number of fused-ring (bicyclic) bond motifs is 2. The molecular weight excluding hydrogens is 544 g/mol. The van der Waals surface area contributed by atoms with Gasteiger partial charge in [-0.05, 0) is 83.9 Å². The zero-order chi connectivity index (χ0) is 29.9. The van der Waals surface area contributed by atoms with Crippen LogP contribution in [0, 0.1) is 0 Å². The minimum atomic E-state index is 0.618. The highest BCUT2D eigenvalue weighted by Crippen LogP contribution is 2.36. The topological polar surface area (TPSA) is 78.7 Å². The highest BCUT2D eigenvalue weighted by Gasteiger charge is 2.09. The lowest BCUT2D eigenvalue weighted by Gasteiger charge is -2.11. The fraction of sp³-hybridized carbons (Fsp3) is 0.0541. The van der Waals surface area contributed by atoms with Gasteiger partial charge in [-0.15, -0.1) is 10.2 Å². The Morgan fingerprint density at radius 3 is 1.57 bits per heavy atom. The molecule has 7 nitrogen and oxygen atoms in total. The van der Waals surface area contributed by atoms with E-state index in [-0.39, 0.29) is 0 Å². The van der Waals surface area contributed by atoms with E-state index < -0.39 is 0 Å². The zero-order valence-corrected chi connectivity index (χ0v) is 24.3. The Balaban J connectivity index is 1.08. The highest BCUT2D eigenvalue weighted by molar-refractivity contribution is 5.99. The summed E-state index contributed by atoms with van der Waals surface area (Å²) >= 11 is 0. The van der Waals surface area contributed by atoms with Crippen LogP contribution < -0.4 is 4.90 Å². The summed E-state index contributed by atoms with van der Waals surface area (Å²) in [4.78, 5) is 6.65. The van der Waals surface area contributed by atoms with Crippen molar-refractivity contribution in [2.45, 2.75) is 0 Å². The average Bonchev–Trinajstić information content (AvgIpc) is 3.52. The zero-order valence-electron chi connectivity index (χ0n) is 24.3. The number of oxazole rings is 1. The molecule has 0 bridgehead atoms. The number of nitrogens with zero attached hydrogens (tertiary/aromatic N) is 6. The summed E-state index contributed by atoms with van der Waals surface area (Å²) in [6.07, 6.45) is 0. The van der Waals surface area contributed by atoms with Crippen molar-refractivity contribution in [1.82, 2.24) is 4.98 Å². The quantitative estimate of drug-likeness (QED) is 0.178. The number of anilines is 1. The van der Waals surface area contributed by atoms with E-state index in [0.717, 1.165) is 67.0 Å². The molecular formula is C37H28N6O. The summed E-state index contributed by atoms with van der Waals surface area (Å²) in [6, 6.07) is 43.9. The Bertz CT molecular complexity index is 2090. The smallest absolute Gasteiger partial charge is 0.227 e. The molecule has 1 heterocycles. The van der Waals surface area contributed by atoms with Gasteiger partial charge in [0.2, 0.25) is 5.89 Å². The molecule has 0 saturated heterocycles. The van der Waals surface area contributed by atoms with Gasteiger partial charge < -0.3 is 9.32 Å². The predicted octanol–water partition coefficient (Wildman–Crippen LogP) is 11.2. The Hall–Kier alpha value is -5.95. The van der Waals surface area contributed by atoms with Crippen LogP contribution in [0.1, 0.15) is 0 Å². The van der Waals surface area contributed by atoms with E-state index in [4.69, 9.17) is 4.42 Å². The molecule has 0 aliphatic heterocycles. The van der Waals surface area contributed by atoms with Crippen LogP contribution in [0.25, 0.3) is 44.5 Å². The molecule has 0 aliphatic rings. The van der Waals surface area contributed by atoms with Crippen LogP contribution in [0.15, 0.2) is 158 Å². The number of hydrogen-bond acceptors (Lipinski definition) is 7. The summed E-state index contributed by atoms with van der Waals surface area (Å²) in [5, 5.41) is 20.0. The van der Waals surface area contributed by atoms with E-state index in [1.165, 1.54) is 0 Å². The number of rotatable bonds is 7. The van der Waals surface area contributed by atoms with E-state index in [2.05, 4.69) is 54.6 Å². The van der Waals surface area contributed by atoms with Crippen LogP contribution >= 0.6 is 0 Å². The lowest BCUT2D eigenvalue weighted by Crippen LogP contribution is -2.07. The highest BCUT2D eigenvalue weighted by atomic mass is 16.3. The van der Waals surface area contributed by atoms with Crippen LogP contribution in [0.3, 0.4) is 0 Å². The number of benzene rings is 6. The Kier molecular flexibility index (Phi) is 7.18. The van der Waals surface area contributed by atoms with Gasteiger partial charge in [-0.1, -0.05) is 60.7 Å². The van der Waals surface area contributed by atoms with Gasteiger partial charge in [-0.25, -0.2) is 4.98 Å². The predicted molar refractivity (Wildman–Crippen MR) is 178 cm³/mol. The van der Waals surface area contributed by atoms with E-state index >= 15 is 0 Å². The largest absolute Gasteiger partial charge is 0.436 e. The van der Waals surface area contributed by atoms with Gasteiger partial charge in [0.05, 0.1) is 22.7 Å². The van der Waals surface area contributed by atoms with Gasteiger partial charge in [0.25, 0.3) is 0 Å². The number of para-hydroxylation sites is 2. The first kappa shape index (κ1) is 26.9. The SMILES string of the molecule is CN(C)c1ccc(N=Nc2ccc(N=Nc3ccc(-c4ccc(-c5nc6ccccc6o5)cc4)cc3)c3ccccc23)cc1. The molecule has 7 heteroatoms. The van der Waals surface area contributed by atoms with Gasteiger partial charge in [0, 0.05) is 36.1 Å². The van der Waals surface area contributed by atoms with Crippen molar-refractivity contribution in [2.24, 2.45) is 20.5 Å². The van der Waals surface area contributed by atoms with E-state index in [1.54, 1.807) is 0 Å². The second kappa shape index (κ2) is 11.7. The monoisotopic (exact) mass is 572 g/mol. The molecule has 0 atom stereocenters. The van der Waals surface area contributed by atoms with Crippen molar-refractivity contribution in [3.8, 4) is 22.6 Å². The van der Waals surface area contributed by atoms with Crippen LogP contribution in [-0.2, 0) is 0 Å². The Labute approximate surface area is 254 Å². The third kappa shape index (κ3) is 5.58. The van der Waals surface area contributed by atoms with Gasteiger partial charge in [-0.3, -0.25) is 0 Å². The third-order valence-electron chi connectivity index (χ3n) is 7.42. The summed E-state index contributed by atoms with van der Waals surface area (Å²) in [7, 11) is 4.03. The molecule has 0 N–H and O–H groups in total. The third-order valence-corrected chi connectivity index (χ3v) is 7.42. The number of hydrogen-bond donors (Lipinski definition) is 0. The molecule has 0 radical (unpaired) electrons. The minimum absolute atomic E-state index is 0.618. The maximum atomic E-state index is 5.91. The van der Waals surface area contributed by atoms with Crippen LogP contribution in [0.5, 0.6) is 0 Å². The van der Waals surface area contributed by atoms with Crippen molar-refractivity contribution in [1.29, 1.82) is 0 Å². The lowest BCUT2D eigenvalue weighted by molar-refractivity contribution is 0.620. The fourth-order valence-electron chi connectivity index (χ4n) is 5.00. The first-order valence-corrected chi connectivity index (χ1v) is 14.3. The van der Waals surface area contributed by atoms with Crippen molar-refractivity contribution in [3.63, 3.8) is 0 Å². The van der Waals surface area contributed by atoms with Gasteiger partial charge >= 0.3 is 0 Å². The maximum absolute atomic E-state index is 5.91. The standard InChI is InChI=1S/C37H28N6O/c1-43(2)30-21-19-29(20-22-30)40-42-34-24-23-33(31-7-3-4-8-32(31)34)41-39-28-17-15-26(16-18-28)25-11-13-27(14-12-25)37-38-35-9-5-6-10-36(35)44-37/h3-24H,1-2H3. The van der Waals surface area contributed by atoms with Crippen molar-refractivity contribution >= 4 is 50.3 Å². The normalized spacial score (nSPS) is 11.7. The van der Waals surface area contributed by atoms with Crippen molar-refractivity contribution in [2.75, 3.05) is 19.0 Å². The molecule has 0 unspecified atom stereocenters. The van der Waals surface area contributed by atoms with E-state index in [1.807, 2.05) is 123 Å². The second-order valence-corrected chi connectivity index (χ2v) is 10.6. The molecule has 7 rings (SSSR count). The maximum Gasteiger partial charge on any atom is 0.227 e.